The number of aryl methyl sites for hydroxylation is 1. The summed E-state index contributed by atoms with van der Waals surface area (Å²) in [6, 6.07) is 7.39. The Hall–Kier alpha value is -3.78. The zero-order valence-electron chi connectivity index (χ0n) is 23.5. The molecule has 3 heterocycles. The number of alkyl halides is 3. The maximum absolute atomic E-state index is 13.3. The van der Waals surface area contributed by atoms with Crippen LogP contribution in [0.1, 0.15) is 34.0 Å². The van der Waals surface area contributed by atoms with Crippen molar-refractivity contribution in [1.29, 1.82) is 0 Å². The van der Waals surface area contributed by atoms with Crippen molar-refractivity contribution in [1.82, 2.24) is 9.80 Å². The van der Waals surface area contributed by atoms with Crippen LogP contribution in [0.5, 0.6) is 5.75 Å². The normalized spacial score (nSPS) is 18.2. The molecule has 0 radical (unpaired) electrons. The van der Waals surface area contributed by atoms with E-state index in [0.29, 0.717) is 23.6 Å². The maximum Gasteiger partial charge on any atom is 0.573 e. The summed E-state index contributed by atoms with van der Waals surface area (Å²) in [7, 11) is -1.83. The molecule has 0 spiro atoms. The molecule has 1 atom stereocenters. The Kier molecular flexibility index (Phi) is 7.64. The van der Waals surface area contributed by atoms with Gasteiger partial charge in [0.1, 0.15) is 5.58 Å². The number of amides is 1. The molecule has 1 N–H and O–H groups in total. The maximum atomic E-state index is 13.3. The molecule has 2 aliphatic heterocycles. The molecule has 0 unspecified atom stereocenters. The fourth-order valence-electron chi connectivity index (χ4n) is 5.57. The van der Waals surface area contributed by atoms with Crippen molar-refractivity contribution >= 4 is 38.3 Å². The van der Waals surface area contributed by atoms with Crippen LogP contribution in [0, 0.1) is 6.92 Å². The molecule has 10 nitrogen and oxygen atoms in total. The Labute approximate surface area is 240 Å². The van der Waals surface area contributed by atoms with Crippen LogP contribution in [-0.2, 0) is 23.0 Å². The van der Waals surface area contributed by atoms with E-state index in [0.717, 1.165) is 60.2 Å². The second-order valence-corrected chi connectivity index (χ2v) is 12.6. The summed E-state index contributed by atoms with van der Waals surface area (Å²) in [6.07, 6.45) is -4.01. The summed E-state index contributed by atoms with van der Waals surface area (Å²) in [5.41, 5.74) is 2.25. The number of rotatable bonds is 5. The third kappa shape index (κ3) is 6.04. The van der Waals surface area contributed by atoms with Crippen molar-refractivity contribution in [2.45, 2.75) is 39.2 Å². The first-order valence-electron chi connectivity index (χ1n) is 13.3. The number of sulfonamides is 1. The van der Waals surface area contributed by atoms with E-state index in [1.807, 2.05) is 23.8 Å². The molecule has 1 aromatic heterocycles. The van der Waals surface area contributed by atoms with Gasteiger partial charge in [-0.2, -0.15) is 0 Å². The number of piperazine rings is 1. The Morgan fingerprint density at radius 3 is 2.52 bits per heavy atom. The van der Waals surface area contributed by atoms with Gasteiger partial charge in [0.2, 0.25) is 10.0 Å². The van der Waals surface area contributed by atoms with Crippen LogP contribution >= 0.6 is 0 Å². The topological polar surface area (TPSA) is 112 Å². The summed E-state index contributed by atoms with van der Waals surface area (Å²) in [4.78, 5) is 32.4. The molecular formula is C28H31F3N4O6S. The smallest absolute Gasteiger partial charge is 0.422 e. The lowest BCUT2D eigenvalue weighted by Gasteiger charge is -2.39. The highest BCUT2D eigenvalue weighted by molar-refractivity contribution is 7.92. The standard InChI is InChI=1S/C28H31F3N4O6S/c1-16-14-34(12-11-33(16)3)23-8-6-20-19-9-10-35(15-21(19)27(37)40-25(20)17(23)2)26(36)18-5-7-22(32-42(4,38)39)24(13-18)41-28(29,30)31/h5-8,13,16,32H,9-12,14-15H2,1-4H3/t16-/m0/s1. The Bertz CT molecular complexity index is 1720. The number of anilines is 2. The minimum Gasteiger partial charge on any atom is -0.422 e. The van der Waals surface area contributed by atoms with Gasteiger partial charge in [0.05, 0.1) is 24.1 Å². The Morgan fingerprint density at radius 2 is 1.86 bits per heavy atom. The Morgan fingerprint density at radius 1 is 1.12 bits per heavy atom. The number of ether oxygens (including phenoxy) is 1. The van der Waals surface area contributed by atoms with E-state index in [1.54, 1.807) is 0 Å². The van der Waals surface area contributed by atoms with Crippen molar-refractivity contribution in [3.8, 4) is 5.75 Å². The van der Waals surface area contributed by atoms with E-state index in [1.165, 1.54) is 11.0 Å². The first kappa shape index (κ1) is 29.7. The summed E-state index contributed by atoms with van der Waals surface area (Å²) in [6.45, 7) is 6.81. The third-order valence-electron chi connectivity index (χ3n) is 7.83. The van der Waals surface area contributed by atoms with Crippen molar-refractivity contribution < 1.29 is 35.5 Å². The lowest BCUT2D eigenvalue weighted by Crippen LogP contribution is -2.50. The number of benzene rings is 2. The molecule has 5 rings (SSSR count). The summed E-state index contributed by atoms with van der Waals surface area (Å²) >= 11 is 0. The van der Waals surface area contributed by atoms with Gasteiger partial charge in [-0.05, 0) is 63.2 Å². The second kappa shape index (κ2) is 10.8. The highest BCUT2D eigenvalue weighted by Gasteiger charge is 2.34. The molecular weight excluding hydrogens is 577 g/mol. The molecule has 14 heteroatoms. The van der Waals surface area contributed by atoms with Crippen molar-refractivity contribution in [2.24, 2.45) is 0 Å². The molecule has 0 aliphatic carbocycles. The quantitative estimate of drug-likeness (QED) is 0.437. The van der Waals surface area contributed by atoms with E-state index < -0.39 is 39.4 Å². The average Bonchev–Trinajstić information content (AvgIpc) is 2.90. The lowest BCUT2D eigenvalue weighted by molar-refractivity contribution is -0.274. The molecule has 2 aliphatic rings. The van der Waals surface area contributed by atoms with Gasteiger partial charge in [-0.25, -0.2) is 13.2 Å². The SMILES string of the molecule is Cc1c(N2CCN(C)[C@@H](C)C2)ccc2c3c(c(=O)oc12)CN(C(=O)c1ccc(NS(C)(=O)=O)c(OC(F)(F)F)c1)CC3. The molecule has 1 amide bonds. The monoisotopic (exact) mass is 608 g/mol. The number of likely N-dealkylation sites (N-methyl/N-ethyl adjacent to an activating group) is 1. The average molecular weight is 609 g/mol. The van der Waals surface area contributed by atoms with E-state index in [-0.39, 0.29) is 18.7 Å². The minimum atomic E-state index is -5.12. The van der Waals surface area contributed by atoms with E-state index in [2.05, 4.69) is 28.5 Å². The van der Waals surface area contributed by atoms with E-state index >= 15 is 0 Å². The summed E-state index contributed by atoms with van der Waals surface area (Å²) in [5, 5.41) is 0.789. The number of hydrogen-bond acceptors (Lipinski definition) is 8. The molecule has 1 fully saturated rings. The molecule has 0 saturated carbocycles. The van der Waals surface area contributed by atoms with Crippen LogP contribution in [-0.4, -0.2) is 76.0 Å². The van der Waals surface area contributed by atoms with Gasteiger partial charge in [0.15, 0.2) is 5.75 Å². The van der Waals surface area contributed by atoms with Gasteiger partial charge < -0.3 is 23.9 Å². The van der Waals surface area contributed by atoms with Crippen molar-refractivity contribution in [2.75, 3.05) is 49.1 Å². The lowest BCUT2D eigenvalue weighted by atomic mass is 9.95. The van der Waals surface area contributed by atoms with Crippen molar-refractivity contribution in [3.63, 3.8) is 0 Å². The predicted molar refractivity (Wildman–Crippen MR) is 152 cm³/mol. The predicted octanol–water partition coefficient (Wildman–Crippen LogP) is 3.71. The first-order valence-corrected chi connectivity index (χ1v) is 15.2. The number of nitrogens with zero attached hydrogens (tertiary/aromatic N) is 3. The van der Waals surface area contributed by atoms with Gasteiger partial charge in [-0.3, -0.25) is 9.52 Å². The molecule has 1 saturated heterocycles. The first-order chi connectivity index (χ1) is 19.6. The summed E-state index contributed by atoms with van der Waals surface area (Å²) in [5.74, 6) is -1.52. The number of carbonyl (C=O) groups excluding carboxylic acids is 1. The van der Waals surface area contributed by atoms with Crippen LogP contribution in [0.25, 0.3) is 11.0 Å². The molecule has 226 valence electrons. The van der Waals surface area contributed by atoms with Gasteiger partial charge in [0, 0.05) is 54.4 Å². The fraction of sp³-hybridized carbons (Fsp3) is 0.429. The largest absolute Gasteiger partial charge is 0.573 e. The van der Waals surface area contributed by atoms with Crippen LogP contribution in [0.4, 0.5) is 24.5 Å². The number of halogens is 3. The van der Waals surface area contributed by atoms with E-state index in [9.17, 15) is 31.2 Å². The van der Waals surface area contributed by atoms with Crippen LogP contribution in [0.3, 0.4) is 0 Å². The molecule has 3 aromatic rings. The van der Waals surface area contributed by atoms with E-state index in [4.69, 9.17) is 4.42 Å². The van der Waals surface area contributed by atoms with Gasteiger partial charge in [0.25, 0.3) is 5.91 Å². The van der Waals surface area contributed by atoms with Gasteiger partial charge in [-0.1, -0.05) is 0 Å². The van der Waals surface area contributed by atoms with Gasteiger partial charge in [-0.15, -0.1) is 13.2 Å². The highest BCUT2D eigenvalue weighted by Crippen LogP contribution is 2.35. The van der Waals surface area contributed by atoms with Crippen LogP contribution < -0.4 is 20.0 Å². The number of carbonyl (C=O) groups is 1. The third-order valence-corrected chi connectivity index (χ3v) is 8.42. The van der Waals surface area contributed by atoms with Crippen LogP contribution in [0.2, 0.25) is 0 Å². The number of hydrogen-bond donors (Lipinski definition) is 1. The Balaban J connectivity index is 1.44. The second-order valence-electron chi connectivity index (χ2n) is 10.8. The molecule has 42 heavy (non-hydrogen) atoms. The molecule has 0 bridgehead atoms. The number of fused-ring (bicyclic) bond motifs is 3. The van der Waals surface area contributed by atoms with Crippen LogP contribution in [0.15, 0.2) is 39.5 Å². The van der Waals surface area contributed by atoms with Crippen molar-refractivity contribution in [3.05, 3.63) is 63.0 Å². The summed E-state index contributed by atoms with van der Waals surface area (Å²) < 4.78 is 74.0. The molecule has 2 aromatic carbocycles. The highest BCUT2D eigenvalue weighted by atomic mass is 32.2. The zero-order chi connectivity index (χ0) is 30.6. The zero-order valence-corrected chi connectivity index (χ0v) is 24.4. The minimum absolute atomic E-state index is 0.0952. The fourth-order valence-corrected chi connectivity index (χ4v) is 6.14. The number of nitrogens with one attached hydrogen (secondary N) is 1. The van der Waals surface area contributed by atoms with Gasteiger partial charge >= 0.3 is 12.0 Å².